The number of nitrogens with one attached hydrogen (secondary N) is 1. The smallest absolute Gasteiger partial charge is 0.250 e. The number of hydrogen-bond donors (Lipinski definition) is 1. The van der Waals surface area contributed by atoms with Gasteiger partial charge in [0.2, 0.25) is 0 Å². The molecule has 0 spiro atoms. The molecule has 1 saturated heterocycles. The maximum absolute atomic E-state index is 13.1. The van der Waals surface area contributed by atoms with E-state index in [1.165, 1.54) is 0 Å². The Morgan fingerprint density at radius 1 is 1.17 bits per heavy atom. The summed E-state index contributed by atoms with van der Waals surface area (Å²) < 4.78 is 1.76. The first-order valence-corrected chi connectivity index (χ1v) is 9.99. The monoisotopic (exact) mass is 389 g/mol. The molecule has 5 rings (SSSR count). The number of carbonyl (C=O) groups excluding carboxylic acids is 1. The summed E-state index contributed by atoms with van der Waals surface area (Å²) in [7, 11) is 1.87. The first-order valence-electron chi connectivity index (χ1n) is 9.99. The summed E-state index contributed by atoms with van der Waals surface area (Å²) in [5.41, 5.74) is 4.06. The highest BCUT2D eigenvalue weighted by atomic mass is 16.2. The number of anilines is 2. The van der Waals surface area contributed by atoms with Crippen LogP contribution in [0.3, 0.4) is 0 Å². The third-order valence-electron chi connectivity index (χ3n) is 5.64. The SMILES string of the molecule is Cc1cc(N2CCC(Nc3nc(-c4ccncc4)nc4c3CCC4)C2=O)n(C)n1. The van der Waals surface area contributed by atoms with Gasteiger partial charge in [-0.1, -0.05) is 0 Å². The van der Waals surface area contributed by atoms with Crippen LogP contribution in [0.25, 0.3) is 11.4 Å². The van der Waals surface area contributed by atoms with Crippen LogP contribution in [0, 0.1) is 6.92 Å². The molecule has 1 aliphatic carbocycles. The highest BCUT2D eigenvalue weighted by Crippen LogP contribution is 2.31. The lowest BCUT2D eigenvalue weighted by atomic mass is 10.2. The fourth-order valence-corrected chi connectivity index (χ4v) is 4.24. The van der Waals surface area contributed by atoms with E-state index in [1.807, 2.05) is 37.1 Å². The van der Waals surface area contributed by atoms with Gasteiger partial charge < -0.3 is 5.32 Å². The maximum atomic E-state index is 13.1. The molecular weight excluding hydrogens is 366 g/mol. The van der Waals surface area contributed by atoms with Crippen LogP contribution in [-0.4, -0.2) is 43.2 Å². The summed E-state index contributed by atoms with van der Waals surface area (Å²) in [5, 5.41) is 7.81. The molecule has 148 valence electrons. The van der Waals surface area contributed by atoms with Gasteiger partial charge in [0.05, 0.1) is 5.69 Å². The molecule has 1 fully saturated rings. The quantitative estimate of drug-likeness (QED) is 0.736. The molecule has 3 aromatic rings. The third kappa shape index (κ3) is 3.14. The normalized spacial score (nSPS) is 18.3. The van der Waals surface area contributed by atoms with E-state index in [0.29, 0.717) is 12.4 Å². The molecule has 1 atom stereocenters. The van der Waals surface area contributed by atoms with Crippen LogP contribution >= 0.6 is 0 Å². The van der Waals surface area contributed by atoms with E-state index in [0.717, 1.165) is 59.8 Å². The molecule has 4 heterocycles. The van der Waals surface area contributed by atoms with Gasteiger partial charge in [-0.05, 0) is 44.7 Å². The molecule has 0 saturated carbocycles. The van der Waals surface area contributed by atoms with Crippen LogP contribution in [0.5, 0.6) is 0 Å². The molecule has 1 N–H and O–H groups in total. The lowest BCUT2D eigenvalue weighted by molar-refractivity contribution is -0.117. The van der Waals surface area contributed by atoms with Gasteiger partial charge in [0.1, 0.15) is 17.7 Å². The van der Waals surface area contributed by atoms with Crippen LogP contribution < -0.4 is 10.2 Å². The van der Waals surface area contributed by atoms with Crippen molar-refractivity contribution in [3.8, 4) is 11.4 Å². The first-order chi connectivity index (χ1) is 14.1. The standard InChI is InChI=1S/C21H23N7O/c1-13-12-18(27(2)26-13)28-11-8-17(21(28)29)24-20-15-4-3-5-16(15)23-19(25-20)14-6-9-22-10-7-14/h6-7,9-10,12,17H,3-5,8,11H2,1-2H3,(H,23,24,25). The van der Waals surface area contributed by atoms with Gasteiger partial charge in [0.25, 0.3) is 5.91 Å². The second-order valence-electron chi connectivity index (χ2n) is 7.65. The second-order valence-corrected chi connectivity index (χ2v) is 7.65. The molecule has 0 aromatic carbocycles. The molecular formula is C21H23N7O. The molecule has 1 amide bonds. The summed E-state index contributed by atoms with van der Waals surface area (Å²) in [6.45, 7) is 2.60. The van der Waals surface area contributed by atoms with Gasteiger partial charge in [-0.2, -0.15) is 5.10 Å². The highest BCUT2D eigenvalue weighted by Gasteiger charge is 2.35. The predicted octanol–water partition coefficient (Wildman–Crippen LogP) is 2.29. The van der Waals surface area contributed by atoms with Crippen molar-refractivity contribution in [1.82, 2.24) is 24.7 Å². The highest BCUT2D eigenvalue weighted by molar-refractivity contribution is 6.00. The van der Waals surface area contributed by atoms with E-state index in [9.17, 15) is 4.79 Å². The van der Waals surface area contributed by atoms with E-state index >= 15 is 0 Å². The zero-order valence-electron chi connectivity index (χ0n) is 16.6. The van der Waals surface area contributed by atoms with E-state index in [4.69, 9.17) is 9.97 Å². The Morgan fingerprint density at radius 2 is 2.00 bits per heavy atom. The Kier molecular flexibility index (Phi) is 4.26. The molecule has 2 aliphatic rings. The minimum absolute atomic E-state index is 0.0591. The van der Waals surface area contributed by atoms with Crippen molar-refractivity contribution >= 4 is 17.5 Å². The van der Waals surface area contributed by atoms with Crippen LogP contribution in [0.2, 0.25) is 0 Å². The number of aryl methyl sites for hydroxylation is 3. The largest absolute Gasteiger partial charge is 0.358 e. The minimum Gasteiger partial charge on any atom is -0.358 e. The van der Waals surface area contributed by atoms with Crippen molar-refractivity contribution in [2.45, 2.75) is 38.6 Å². The Morgan fingerprint density at radius 3 is 2.76 bits per heavy atom. The molecule has 8 nitrogen and oxygen atoms in total. The van der Waals surface area contributed by atoms with Crippen LogP contribution in [0.1, 0.15) is 29.8 Å². The summed E-state index contributed by atoms with van der Waals surface area (Å²) in [5.74, 6) is 2.37. The number of pyridine rings is 1. The predicted molar refractivity (Wildman–Crippen MR) is 110 cm³/mol. The van der Waals surface area contributed by atoms with Crippen LogP contribution in [0.4, 0.5) is 11.6 Å². The average molecular weight is 389 g/mol. The zero-order chi connectivity index (χ0) is 20.0. The van der Waals surface area contributed by atoms with E-state index < -0.39 is 0 Å². The van der Waals surface area contributed by atoms with Crippen LogP contribution in [-0.2, 0) is 24.7 Å². The van der Waals surface area contributed by atoms with E-state index in [2.05, 4.69) is 15.4 Å². The Labute approximate surface area is 169 Å². The first kappa shape index (κ1) is 17.8. The van der Waals surface area contributed by atoms with Crippen molar-refractivity contribution in [2.75, 3.05) is 16.8 Å². The Hall–Kier alpha value is -3.29. The molecule has 0 radical (unpaired) electrons. The lowest BCUT2D eigenvalue weighted by Gasteiger charge is -2.18. The van der Waals surface area contributed by atoms with Crippen molar-refractivity contribution < 1.29 is 4.79 Å². The number of nitrogens with zero attached hydrogens (tertiary/aromatic N) is 6. The molecule has 3 aromatic heterocycles. The molecule has 1 unspecified atom stereocenters. The Balaban J connectivity index is 1.44. The van der Waals surface area contributed by atoms with Gasteiger partial charge in [0, 0.05) is 48.9 Å². The fraction of sp³-hybridized carbons (Fsp3) is 0.381. The molecule has 0 bridgehead atoms. The summed E-state index contributed by atoms with van der Waals surface area (Å²) in [4.78, 5) is 28.5. The summed E-state index contributed by atoms with van der Waals surface area (Å²) in [6, 6.07) is 5.47. The summed E-state index contributed by atoms with van der Waals surface area (Å²) >= 11 is 0. The van der Waals surface area contributed by atoms with Crippen molar-refractivity contribution in [3.63, 3.8) is 0 Å². The number of amides is 1. The van der Waals surface area contributed by atoms with Crippen molar-refractivity contribution in [3.05, 3.63) is 47.5 Å². The lowest BCUT2D eigenvalue weighted by Crippen LogP contribution is -2.35. The summed E-state index contributed by atoms with van der Waals surface area (Å²) in [6.07, 6.45) is 7.17. The number of rotatable bonds is 4. The maximum Gasteiger partial charge on any atom is 0.250 e. The molecule has 1 aliphatic heterocycles. The fourth-order valence-electron chi connectivity index (χ4n) is 4.24. The Bertz CT molecular complexity index is 1080. The van der Waals surface area contributed by atoms with Gasteiger partial charge in [-0.25, -0.2) is 9.97 Å². The molecule has 8 heteroatoms. The molecule has 29 heavy (non-hydrogen) atoms. The number of carbonyl (C=O) groups is 1. The zero-order valence-corrected chi connectivity index (χ0v) is 16.6. The van der Waals surface area contributed by atoms with Gasteiger partial charge in [-0.15, -0.1) is 0 Å². The van der Waals surface area contributed by atoms with Gasteiger partial charge in [0.15, 0.2) is 5.82 Å². The van der Waals surface area contributed by atoms with E-state index in [-0.39, 0.29) is 11.9 Å². The topological polar surface area (TPSA) is 88.8 Å². The minimum atomic E-state index is -0.296. The second kappa shape index (κ2) is 6.95. The number of hydrogen-bond acceptors (Lipinski definition) is 6. The van der Waals surface area contributed by atoms with Gasteiger partial charge >= 0.3 is 0 Å². The van der Waals surface area contributed by atoms with Gasteiger partial charge in [-0.3, -0.25) is 19.4 Å². The average Bonchev–Trinajstić information content (AvgIpc) is 3.42. The number of fused-ring (bicyclic) bond motifs is 1. The number of aromatic nitrogens is 5. The van der Waals surface area contributed by atoms with Crippen molar-refractivity contribution in [2.24, 2.45) is 7.05 Å². The van der Waals surface area contributed by atoms with E-state index in [1.54, 1.807) is 17.1 Å². The van der Waals surface area contributed by atoms with Crippen molar-refractivity contribution in [1.29, 1.82) is 0 Å². The third-order valence-corrected chi connectivity index (χ3v) is 5.64. The van der Waals surface area contributed by atoms with Crippen LogP contribution in [0.15, 0.2) is 30.6 Å².